The molecule has 3 heteroatoms. The number of alkyl halides is 1. The van der Waals surface area contributed by atoms with E-state index in [4.69, 9.17) is 11.6 Å². The summed E-state index contributed by atoms with van der Waals surface area (Å²) in [4.78, 5) is 6.82. The smallest absolute Gasteiger partial charge is 0.0648 e. The fourth-order valence-corrected chi connectivity index (χ4v) is 2.29. The molecule has 16 heavy (non-hydrogen) atoms. The molecule has 1 aromatic heterocycles. The van der Waals surface area contributed by atoms with E-state index in [1.807, 2.05) is 6.20 Å². The molecule has 0 radical (unpaired) electrons. The van der Waals surface area contributed by atoms with Crippen LogP contribution in [-0.2, 0) is 5.88 Å². The van der Waals surface area contributed by atoms with E-state index in [-0.39, 0.29) is 0 Å². The molecule has 0 amide bonds. The van der Waals surface area contributed by atoms with Crippen molar-refractivity contribution in [2.45, 2.75) is 37.6 Å². The van der Waals surface area contributed by atoms with Crippen LogP contribution in [-0.4, -0.2) is 17.6 Å². The molecule has 86 valence electrons. The van der Waals surface area contributed by atoms with Gasteiger partial charge in [0.2, 0.25) is 0 Å². The molecule has 0 atom stereocenters. The summed E-state index contributed by atoms with van der Waals surface area (Å²) in [5.41, 5.74) is 2.31. The van der Waals surface area contributed by atoms with Crippen molar-refractivity contribution >= 4 is 17.3 Å². The molecule has 0 aliphatic heterocycles. The molecule has 0 saturated heterocycles. The number of hydrogen-bond donors (Lipinski definition) is 0. The van der Waals surface area contributed by atoms with Crippen LogP contribution in [0, 0.1) is 5.92 Å². The highest BCUT2D eigenvalue weighted by Crippen LogP contribution is 2.37. The van der Waals surface area contributed by atoms with Gasteiger partial charge in [0.1, 0.15) is 0 Å². The summed E-state index contributed by atoms with van der Waals surface area (Å²) in [6, 6.07) is 5.05. The molecular formula is C13H17ClN2. The largest absolute Gasteiger partial charge is 0.368 e. The highest BCUT2D eigenvalue weighted by molar-refractivity contribution is 6.16. The molecule has 2 aliphatic carbocycles. The lowest BCUT2D eigenvalue weighted by Crippen LogP contribution is -2.28. The fraction of sp³-hybridized carbons (Fsp3) is 0.615. The Hall–Kier alpha value is -0.760. The average molecular weight is 237 g/mol. The second kappa shape index (κ2) is 4.25. The highest BCUT2D eigenvalue weighted by Gasteiger charge is 2.33. The normalized spacial score (nSPS) is 19.8. The standard InChI is InChI=1S/C13H17ClN2/c14-8-11-7-13(5-6-15-11)16(12-3-4-12)9-10-1-2-10/h5-7,10,12H,1-4,8-9H2. The average Bonchev–Trinajstić information content (AvgIpc) is 3.16. The van der Waals surface area contributed by atoms with Crippen LogP contribution in [0.5, 0.6) is 0 Å². The van der Waals surface area contributed by atoms with E-state index < -0.39 is 0 Å². The summed E-state index contributed by atoms with van der Waals surface area (Å²) in [5.74, 6) is 1.45. The Balaban J connectivity index is 1.79. The molecule has 1 aromatic rings. The van der Waals surface area contributed by atoms with Crippen LogP contribution in [0.2, 0.25) is 0 Å². The zero-order valence-electron chi connectivity index (χ0n) is 9.40. The predicted octanol–water partition coefficient (Wildman–Crippen LogP) is 3.20. The molecule has 2 fully saturated rings. The monoisotopic (exact) mass is 236 g/mol. The number of nitrogens with zero attached hydrogens (tertiary/aromatic N) is 2. The molecule has 1 heterocycles. The van der Waals surface area contributed by atoms with E-state index >= 15 is 0 Å². The Morgan fingerprint density at radius 2 is 2.12 bits per heavy atom. The number of aromatic nitrogens is 1. The van der Waals surface area contributed by atoms with E-state index in [1.165, 1.54) is 37.9 Å². The van der Waals surface area contributed by atoms with Crippen LogP contribution >= 0.6 is 11.6 Å². The van der Waals surface area contributed by atoms with Gasteiger partial charge in [-0.25, -0.2) is 0 Å². The van der Waals surface area contributed by atoms with E-state index in [9.17, 15) is 0 Å². The highest BCUT2D eigenvalue weighted by atomic mass is 35.5. The van der Waals surface area contributed by atoms with Crippen LogP contribution in [0.4, 0.5) is 5.69 Å². The zero-order chi connectivity index (χ0) is 11.0. The number of hydrogen-bond acceptors (Lipinski definition) is 2. The third-order valence-corrected chi connectivity index (χ3v) is 3.68. The van der Waals surface area contributed by atoms with Crippen molar-refractivity contribution in [1.82, 2.24) is 4.98 Å². The molecule has 0 spiro atoms. The predicted molar refractivity (Wildman–Crippen MR) is 66.9 cm³/mol. The third-order valence-electron chi connectivity index (χ3n) is 3.41. The Bertz CT molecular complexity index is 372. The maximum Gasteiger partial charge on any atom is 0.0648 e. The zero-order valence-corrected chi connectivity index (χ0v) is 10.2. The van der Waals surface area contributed by atoms with Crippen molar-refractivity contribution in [3.05, 3.63) is 24.0 Å². The summed E-state index contributed by atoms with van der Waals surface area (Å²) in [5, 5.41) is 0. The maximum atomic E-state index is 5.84. The number of anilines is 1. The van der Waals surface area contributed by atoms with Crippen molar-refractivity contribution in [3.63, 3.8) is 0 Å². The lowest BCUT2D eigenvalue weighted by molar-refractivity contribution is 0.718. The SMILES string of the molecule is ClCc1cc(N(CC2CC2)C2CC2)ccn1. The van der Waals surface area contributed by atoms with Gasteiger partial charge in [-0.1, -0.05) is 0 Å². The minimum Gasteiger partial charge on any atom is -0.368 e. The minimum absolute atomic E-state index is 0.510. The lowest BCUT2D eigenvalue weighted by atomic mass is 10.2. The molecule has 0 aromatic carbocycles. The van der Waals surface area contributed by atoms with Crippen molar-refractivity contribution in [2.24, 2.45) is 5.92 Å². The second-order valence-electron chi connectivity index (χ2n) is 4.97. The van der Waals surface area contributed by atoms with Crippen LogP contribution in [0.1, 0.15) is 31.4 Å². The molecule has 0 unspecified atom stereocenters. The van der Waals surface area contributed by atoms with Gasteiger partial charge in [0, 0.05) is 24.5 Å². The second-order valence-corrected chi connectivity index (χ2v) is 5.23. The maximum absolute atomic E-state index is 5.84. The van der Waals surface area contributed by atoms with Gasteiger partial charge < -0.3 is 4.90 Å². The van der Waals surface area contributed by atoms with Gasteiger partial charge in [0.25, 0.3) is 0 Å². The van der Waals surface area contributed by atoms with Gasteiger partial charge >= 0.3 is 0 Å². The topological polar surface area (TPSA) is 16.1 Å². The van der Waals surface area contributed by atoms with Gasteiger partial charge in [-0.05, 0) is 43.7 Å². The van der Waals surface area contributed by atoms with Crippen LogP contribution in [0.15, 0.2) is 18.3 Å². The van der Waals surface area contributed by atoms with Crippen LogP contribution in [0.3, 0.4) is 0 Å². The minimum atomic E-state index is 0.510. The Kier molecular flexibility index (Phi) is 2.76. The van der Waals surface area contributed by atoms with Gasteiger partial charge in [-0.2, -0.15) is 0 Å². The van der Waals surface area contributed by atoms with Crippen molar-refractivity contribution < 1.29 is 0 Å². The van der Waals surface area contributed by atoms with Gasteiger partial charge in [0.05, 0.1) is 11.6 Å². The first-order valence-electron chi connectivity index (χ1n) is 6.14. The number of rotatable bonds is 5. The first kappa shape index (κ1) is 10.4. The van der Waals surface area contributed by atoms with Gasteiger partial charge in [-0.3, -0.25) is 4.98 Å². The van der Waals surface area contributed by atoms with Crippen LogP contribution in [0.25, 0.3) is 0 Å². The van der Waals surface area contributed by atoms with E-state index in [2.05, 4.69) is 22.0 Å². The van der Waals surface area contributed by atoms with E-state index in [1.54, 1.807) is 0 Å². The summed E-state index contributed by atoms with van der Waals surface area (Å²) in [6.45, 7) is 1.23. The van der Waals surface area contributed by atoms with Crippen LogP contribution < -0.4 is 4.90 Å². The molecule has 3 rings (SSSR count). The Morgan fingerprint density at radius 3 is 2.75 bits per heavy atom. The number of pyridine rings is 1. The lowest BCUT2D eigenvalue weighted by Gasteiger charge is -2.24. The summed E-state index contributed by atoms with van der Waals surface area (Å²) >= 11 is 5.84. The molecular weight excluding hydrogens is 220 g/mol. The summed E-state index contributed by atoms with van der Waals surface area (Å²) < 4.78 is 0. The first-order valence-corrected chi connectivity index (χ1v) is 6.68. The Morgan fingerprint density at radius 1 is 1.31 bits per heavy atom. The quantitative estimate of drug-likeness (QED) is 0.730. The molecule has 2 aliphatic rings. The first-order chi connectivity index (χ1) is 7.86. The van der Waals surface area contributed by atoms with Gasteiger partial charge in [0.15, 0.2) is 0 Å². The fourth-order valence-electron chi connectivity index (χ4n) is 2.15. The molecule has 2 nitrogen and oxygen atoms in total. The molecule has 2 saturated carbocycles. The van der Waals surface area contributed by atoms with E-state index in [0.29, 0.717) is 5.88 Å². The number of halogens is 1. The summed E-state index contributed by atoms with van der Waals surface area (Å²) in [7, 11) is 0. The summed E-state index contributed by atoms with van der Waals surface area (Å²) in [6.07, 6.45) is 7.42. The van der Waals surface area contributed by atoms with Crippen molar-refractivity contribution in [1.29, 1.82) is 0 Å². The molecule has 0 N–H and O–H groups in total. The van der Waals surface area contributed by atoms with E-state index in [0.717, 1.165) is 17.7 Å². The van der Waals surface area contributed by atoms with Crippen molar-refractivity contribution in [2.75, 3.05) is 11.4 Å². The van der Waals surface area contributed by atoms with Gasteiger partial charge in [-0.15, -0.1) is 11.6 Å². The Labute approximate surface area is 102 Å². The van der Waals surface area contributed by atoms with Crippen molar-refractivity contribution in [3.8, 4) is 0 Å². The third kappa shape index (κ3) is 2.32. The molecule has 0 bridgehead atoms.